The van der Waals surface area contributed by atoms with E-state index in [1.54, 1.807) is 0 Å². The van der Waals surface area contributed by atoms with Crippen molar-refractivity contribution in [2.45, 2.75) is 65.6 Å². The van der Waals surface area contributed by atoms with Gasteiger partial charge in [-0.15, -0.1) is 0 Å². The highest BCUT2D eigenvalue weighted by molar-refractivity contribution is 6.00. The molecule has 2 N–H and O–H groups in total. The molecule has 1 amide bonds. The average Bonchev–Trinajstić information content (AvgIpc) is 2.44. The van der Waals surface area contributed by atoms with Gasteiger partial charge in [0.05, 0.1) is 5.69 Å². The zero-order valence-corrected chi connectivity index (χ0v) is 14.3. The van der Waals surface area contributed by atoms with Crippen LogP contribution in [0.4, 0.5) is 5.69 Å². The van der Waals surface area contributed by atoms with Gasteiger partial charge in [0.15, 0.2) is 6.10 Å². The number of carbonyl (C=O) groups is 1. The smallest absolute Gasteiger partial charge is 0.268 e. The lowest BCUT2D eigenvalue weighted by Gasteiger charge is -2.37. The van der Waals surface area contributed by atoms with E-state index in [2.05, 4.69) is 13.8 Å². The molecule has 22 heavy (non-hydrogen) atoms. The van der Waals surface area contributed by atoms with Crippen LogP contribution in [0.2, 0.25) is 0 Å². The van der Waals surface area contributed by atoms with Gasteiger partial charge in [-0.25, -0.2) is 0 Å². The molecule has 1 aliphatic rings. The highest BCUT2D eigenvalue weighted by atomic mass is 16.5. The molecular formula is C18H28N2O2. The third kappa shape index (κ3) is 3.27. The van der Waals surface area contributed by atoms with Crippen molar-refractivity contribution in [3.8, 4) is 5.75 Å². The molecule has 0 saturated carbocycles. The summed E-state index contributed by atoms with van der Waals surface area (Å²) in [5, 5.41) is 0. The van der Waals surface area contributed by atoms with Gasteiger partial charge in [0.2, 0.25) is 0 Å². The van der Waals surface area contributed by atoms with Crippen molar-refractivity contribution in [1.82, 2.24) is 0 Å². The topological polar surface area (TPSA) is 55.6 Å². The summed E-state index contributed by atoms with van der Waals surface area (Å²) >= 11 is 0. The highest BCUT2D eigenvalue weighted by Crippen LogP contribution is 2.38. The molecule has 0 fully saturated rings. The molecule has 4 heteroatoms. The van der Waals surface area contributed by atoms with Crippen LogP contribution in [0, 0.1) is 5.92 Å². The first-order valence-electron chi connectivity index (χ1n) is 8.24. The monoisotopic (exact) mass is 304 g/mol. The minimum absolute atomic E-state index is 0.0155. The van der Waals surface area contributed by atoms with Gasteiger partial charge in [0.25, 0.3) is 5.91 Å². The van der Waals surface area contributed by atoms with Crippen LogP contribution < -0.4 is 15.4 Å². The van der Waals surface area contributed by atoms with Gasteiger partial charge in [-0.1, -0.05) is 26.8 Å². The first-order valence-corrected chi connectivity index (χ1v) is 8.24. The number of carbonyl (C=O) groups excluding carboxylic acids is 1. The zero-order chi connectivity index (χ0) is 16.4. The second kappa shape index (κ2) is 6.69. The summed E-state index contributed by atoms with van der Waals surface area (Å²) in [6, 6.07) is 6.08. The molecule has 0 saturated heterocycles. The number of benzene rings is 1. The van der Waals surface area contributed by atoms with Gasteiger partial charge in [0, 0.05) is 12.1 Å². The molecule has 2 rings (SSSR count). The predicted molar refractivity (Wildman–Crippen MR) is 90.2 cm³/mol. The zero-order valence-electron chi connectivity index (χ0n) is 14.3. The Morgan fingerprint density at radius 1 is 1.27 bits per heavy atom. The Hall–Kier alpha value is -1.55. The quantitative estimate of drug-likeness (QED) is 0.903. The second-order valence-corrected chi connectivity index (χ2v) is 6.78. The first-order chi connectivity index (χ1) is 10.3. The lowest BCUT2D eigenvalue weighted by molar-refractivity contribution is -0.126. The molecule has 4 nitrogen and oxygen atoms in total. The second-order valence-electron chi connectivity index (χ2n) is 6.78. The van der Waals surface area contributed by atoms with E-state index in [1.165, 1.54) is 0 Å². The molecule has 0 radical (unpaired) electrons. The fourth-order valence-corrected chi connectivity index (χ4v) is 2.97. The van der Waals surface area contributed by atoms with E-state index >= 15 is 0 Å². The Balaban J connectivity index is 2.40. The van der Waals surface area contributed by atoms with Crippen molar-refractivity contribution in [1.29, 1.82) is 0 Å². The summed E-state index contributed by atoms with van der Waals surface area (Å²) < 4.78 is 5.86. The molecule has 1 aromatic carbocycles. The Bertz CT molecular complexity index is 540. The Morgan fingerprint density at radius 3 is 2.50 bits per heavy atom. The molecule has 0 spiro atoms. The standard InChI is InChI=1S/C18H28N2O2/c1-6-16-18(21)20(12(4)5)15-10-13(7-8-17(15)22-16)14(19)9-11(2)3/h7-8,10-12,14,16H,6,9,19H2,1-5H3. The van der Waals surface area contributed by atoms with Crippen molar-refractivity contribution < 1.29 is 9.53 Å². The number of ether oxygens (including phenoxy) is 1. The maximum atomic E-state index is 12.6. The number of nitrogens with two attached hydrogens (primary N) is 1. The Kier molecular flexibility index (Phi) is 5.12. The van der Waals surface area contributed by atoms with Crippen LogP contribution in [-0.2, 0) is 4.79 Å². The molecule has 0 aliphatic carbocycles. The lowest BCUT2D eigenvalue weighted by Crippen LogP contribution is -2.48. The van der Waals surface area contributed by atoms with Crippen LogP contribution in [-0.4, -0.2) is 18.1 Å². The third-order valence-corrected chi connectivity index (χ3v) is 4.07. The largest absolute Gasteiger partial charge is 0.478 e. The van der Waals surface area contributed by atoms with Gasteiger partial charge < -0.3 is 15.4 Å². The normalized spacial score (nSPS) is 19.4. The molecular weight excluding hydrogens is 276 g/mol. The van der Waals surface area contributed by atoms with Crippen molar-refractivity contribution in [3.05, 3.63) is 23.8 Å². The molecule has 0 aromatic heterocycles. The number of fused-ring (bicyclic) bond motifs is 1. The molecule has 2 atom stereocenters. The van der Waals surface area contributed by atoms with E-state index in [0.717, 1.165) is 23.4 Å². The average molecular weight is 304 g/mol. The number of hydrogen-bond acceptors (Lipinski definition) is 3. The van der Waals surface area contributed by atoms with Crippen molar-refractivity contribution in [2.24, 2.45) is 11.7 Å². The summed E-state index contributed by atoms with van der Waals surface area (Å²) in [4.78, 5) is 14.4. The molecule has 0 bridgehead atoms. The minimum Gasteiger partial charge on any atom is -0.478 e. The Morgan fingerprint density at radius 2 is 1.95 bits per heavy atom. The van der Waals surface area contributed by atoms with E-state index in [0.29, 0.717) is 12.3 Å². The van der Waals surface area contributed by atoms with Crippen LogP contribution in [0.25, 0.3) is 0 Å². The summed E-state index contributed by atoms with van der Waals surface area (Å²) in [5.41, 5.74) is 8.20. The highest BCUT2D eigenvalue weighted by Gasteiger charge is 2.35. The van der Waals surface area contributed by atoms with Gasteiger partial charge in [-0.3, -0.25) is 4.79 Å². The van der Waals surface area contributed by atoms with Gasteiger partial charge in [-0.2, -0.15) is 0 Å². The van der Waals surface area contributed by atoms with Crippen molar-refractivity contribution in [3.63, 3.8) is 0 Å². The van der Waals surface area contributed by atoms with E-state index in [4.69, 9.17) is 10.5 Å². The van der Waals surface area contributed by atoms with Crippen molar-refractivity contribution >= 4 is 11.6 Å². The summed E-state index contributed by atoms with van der Waals surface area (Å²) in [6.07, 6.45) is 1.22. The fourth-order valence-electron chi connectivity index (χ4n) is 2.97. The maximum absolute atomic E-state index is 12.6. The van der Waals surface area contributed by atoms with E-state index in [9.17, 15) is 4.79 Å². The molecule has 1 aliphatic heterocycles. The van der Waals surface area contributed by atoms with Crippen LogP contribution in [0.3, 0.4) is 0 Å². The fraction of sp³-hybridized carbons (Fsp3) is 0.611. The number of amides is 1. The Labute approximate surface area is 133 Å². The SMILES string of the molecule is CCC1Oc2ccc(C(N)CC(C)C)cc2N(C(C)C)C1=O. The first kappa shape index (κ1) is 16.8. The summed E-state index contributed by atoms with van der Waals surface area (Å²) in [6.45, 7) is 10.4. The van der Waals surface area contributed by atoms with Gasteiger partial charge >= 0.3 is 0 Å². The van der Waals surface area contributed by atoms with Gasteiger partial charge in [-0.05, 0) is 50.3 Å². The van der Waals surface area contributed by atoms with Gasteiger partial charge in [0.1, 0.15) is 5.75 Å². The molecule has 1 heterocycles. The number of anilines is 1. The minimum atomic E-state index is -0.384. The van der Waals surface area contributed by atoms with E-state index in [1.807, 2.05) is 43.9 Å². The molecule has 122 valence electrons. The summed E-state index contributed by atoms with van der Waals surface area (Å²) in [5.74, 6) is 1.36. The van der Waals surface area contributed by atoms with Crippen LogP contribution in [0.5, 0.6) is 5.75 Å². The molecule has 1 aromatic rings. The van der Waals surface area contributed by atoms with Crippen LogP contribution in [0.15, 0.2) is 18.2 Å². The predicted octanol–water partition coefficient (Wildman–Crippen LogP) is 3.64. The number of hydrogen-bond donors (Lipinski definition) is 1. The summed E-state index contributed by atoms with van der Waals surface area (Å²) in [7, 11) is 0. The van der Waals surface area contributed by atoms with Crippen LogP contribution >= 0.6 is 0 Å². The van der Waals surface area contributed by atoms with E-state index < -0.39 is 0 Å². The lowest BCUT2D eigenvalue weighted by atomic mass is 9.96. The third-order valence-electron chi connectivity index (χ3n) is 4.07. The number of nitrogens with zero attached hydrogens (tertiary/aromatic N) is 1. The molecule has 2 unspecified atom stereocenters. The number of rotatable bonds is 5. The van der Waals surface area contributed by atoms with Crippen molar-refractivity contribution in [2.75, 3.05) is 4.90 Å². The van der Waals surface area contributed by atoms with E-state index in [-0.39, 0.29) is 24.1 Å². The van der Waals surface area contributed by atoms with Crippen LogP contribution in [0.1, 0.15) is 59.1 Å². The maximum Gasteiger partial charge on any atom is 0.268 e.